The number of unbranched alkanes of at least 4 members (excludes halogenated alkanes) is 9. The maximum atomic E-state index is 6.43. The first-order valence-electron chi connectivity index (χ1n) is 14.0. The van der Waals surface area contributed by atoms with Gasteiger partial charge >= 0.3 is 0 Å². The highest BCUT2D eigenvalue weighted by Gasteiger charge is 2.26. The van der Waals surface area contributed by atoms with Crippen LogP contribution in [0.25, 0.3) is 0 Å². The maximum absolute atomic E-state index is 6.43. The molecular weight excluding hydrogens is 450 g/mol. The van der Waals surface area contributed by atoms with Crippen molar-refractivity contribution in [2.45, 2.75) is 90.2 Å². The van der Waals surface area contributed by atoms with Gasteiger partial charge in [-0.15, -0.1) is 0 Å². The second kappa shape index (κ2) is 15.7. The first-order chi connectivity index (χ1) is 17.7. The third-order valence-corrected chi connectivity index (χ3v) is 7.22. The van der Waals surface area contributed by atoms with Crippen LogP contribution in [-0.4, -0.2) is 34.5 Å². The summed E-state index contributed by atoms with van der Waals surface area (Å²) in [5, 5.41) is 0. The van der Waals surface area contributed by atoms with E-state index in [2.05, 4.69) is 36.1 Å². The molecule has 1 heterocycles. The molecule has 0 saturated heterocycles. The SMILES string of the molecule is CCCCCCCCCCCCOC1CCN(Cc2ccc(OC)c(OC)c2)c2ccc(OC)cc21. The predicted octanol–water partition coefficient (Wildman–Crippen LogP) is 8.10. The molecule has 2 aromatic rings. The second-order valence-electron chi connectivity index (χ2n) is 9.87. The molecule has 3 rings (SSSR count). The number of hydrogen-bond acceptors (Lipinski definition) is 5. The van der Waals surface area contributed by atoms with Crippen LogP contribution in [0, 0.1) is 0 Å². The van der Waals surface area contributed by atoms with Crippen LogP contribution in [0.2, 0.25) is 0 Å². The Labute approximate surface area is 219 Å². The van der Waals surface area contributed by atoms with E-state index in [1.165, 1.54) is 74.6 Å². The smallest absolute Gasteiger partial charge is 0.161 e. The maximum Gasteiger partial charge on any atom is 0.161 e. The van der Waals surface area contributed by atoms with Crippen molar-refractivity contribution in [3.63, 3.8) is 0 Å². The molecule has 5 heteroatoms. The van der Waals surface area contributed by atoms with Gasteiger partial charge in [0.05, 0.1) is 27.4 Å². The van der Waals surface area contributed by atoms with Crippen molar-refractivity contribution in [3.8, 4) is 17.2 Å². The Morgan fingerprint density at radius 3 is 2.11 bits per heavy atom. The third-order valence-electron chi connectivity index (χ3n) is 7.22. The van der Waals surface area contributed by atoms with Crippen LogP contribution in [0.1, 0.15) is 94.8 Å². The Morgan fingerprint density at radius 2 is 1.44 bits per heavy atom. The molecular formula is C31H47NO4. The summed E-state index contributed by atoms with van der Waals surface area (Å²) >= 11 is 0. The minimum absolute atomic E-state index is 0.121. The van der Waals surface area contributed by atoms with Crippen LogP contribution < -0.4 is 19.1 Å². The molecule has 2 aromatic carbocycles. The van der Waals surface area contributed by atoms with E-state index in [4.69, 9.17) is 18.9 Å². The standard InChI is InChI=1S/C31H47NO4/c1-5-6-7-8-9-10-11-12-13-14-21-36-29-19-20-32(28-17-16-26(33-2)23-27(28)29)24-25-15-18-30(34-3)31(22-25)35-4/h15-18,22-23,29H,5-14,19-21,24H2,1-4H3. The summed E-state index contributed by atoms with van der Waals surface area (Å²) in [6, 6.07) is 12.5. The predicted molar refractivity (Wildman–Crippen MR) is 149 cm³/mol. The Bertz CT molecular complexity index is 900. The topological polar surface area (TPSA) is 40.2 Å². The largest absolute Gasteiger partial charge is 0.497 e. The van der Waals surface area contributed by atoms with E-state index in [-0.39, 0.29) is 6.10 Å². The molecule has 0 bridgehead atoms. The molecule has 1 aliphatic rings. The van der Waals surface area contributed by atoms with E-state index in [0.717, 1.165) is 49.8 Å². The van der Waals surface area contributed by atoms with Crippen LogP contribution in [-0.2, 0) is 11.3 Å². The second-order valence-corrected chi connectivity index (χ2v) is 9.87. The molecule has 0 N–H and O–H groups in total. The molecule has 36 heavy (non-hydrogen) atoms. The summed E-state index contributed by atoms with van der Waals surface area (Å²) in [5.41, 5.74) is 3.65. The highest BCUT2D eigenvalue weighted by molar-refractivity contribution is 5.59. The van der Waals surface area contributed by atoms with E-state index in [1.54, 1.807) is 21.3 Å². The highest BCUT2D eigenvalue weighted by Crippen LogP contribution is 2.39. The van der Waals surface area contributed by atoms with E-state index >= 15 is 0 Å². The van der Waals surface area contributed by atoms with Crippen molar-refractivity contribution >= 4 is 5.69 Å². The number of fused-ring (bicyclic) bond motifs is 1. The van der Waals surface area contributed by atoms with Crippen molar-refractivity contribution in [3.05, 3.63) is 47.5 Å². The monoisotopic (exact) mass is 497 g/mol. The molecule has 1 aliphatic heterocycles. The number of rotatable bonds is 17. The number of anilines is 1. The summed E-state index contributed by atoms with van der Waals surface area (Å²) in [6.45, 7) is 4.87. The van der Waals surface area contributed by atoms with Crippen LogP contribution in [0.3, 0.4) is 0 Å². The third kappa shape index (κ3) is 8.33. The van der Waals surface area contributed by atoms with E-state index < -0.39 is 0 Å². The molecule has 5 nitrogen and oxygen atoms in total. The zero-order valence-electron chi connectivity index (χ0n) is 23.0. The fourth-order valence-corrected chi connectivity index (χ4v) is 5.11. The molecule has 200 valence electrons. The normalized spacial score (nSPS) is 15.0. The van der Waals surface area contributed by atoms with Crippen molar-refractivity contribution in [1.29, 1.82) is 0 Å². The summed E-state index contributed by atoms with van der Waals surface area (Å²) in [4.78, 5) is 2.43. The first kappa shape index (κ1) is 28.2. The summed E-state index contributed by atoms with van der Waals surface area (Å²) in [6.07, 6.45) is 14.5. The summed E-state index contributed by atoms with van der Waals surface area (Å²) in [5.74, 6) is 2.40. The lowest BCUT2D eigenvalue weighted by Crippen LogP contribution is -2.31. The van der Waals surface area contributed by atoms with E-state index in [1.807, 2.05) is 12.1 Å². The van der Waals surface area contributed by atoms with Crippen molar-refractivity contribution in [1.82, 2.24) is 0 Å². The van der Waals surface area contributed by atoms with Gasteiger partial charge in [-0.3, -0.25) is 0 Å². The quantitative estimate of drug-likeness (QED) is 0.206. The van der Waals surface area contributed by atoms with Crippen molar-refractivity contribution < 1.29 is 18.9 Å². The lowest BCUT2D eigenvalue weighted by molar-refractivity contribution is 0.0423. The van der Waals surface area contributed by atoms with Crippen molar-refractivity contribution in [2.75, 3.05) is 39.4 Å². The van der Waals surface area contributed by atoms with Crippen LogP contribution in [0.4, 0.5) is 5.69 Å². The number of ether oxygens (including phenoxy) is 4. The molecule has 0 amide bonds. The van der Waals surface area contributed by atoms with Gasteiger partial charge in [-0.25, -0.2) is 0 Å². The Morgan fingerprint density at radius 1 is 0.750 bits per heavy atom. The zero-order chi connectivity index (χ0) is 25.6. The summed E-state index contributed by atoms with van der Waals surface area (Å²) in [7, 11) is 5.08. The number of nitrogens with zero attached hydrogens (tertiary/aromatic N) is 1. The van der Waals surface area contributed by atoms with Gasteiger partial charge in [0.2, 0.25) is 0 Å². The Hall–Kier alpha value is -2.40. The van der Waals surface area contributed by atoms with Crippen LogP contribution >= 0.6 is 0 Å². The van der Waals surface area contributed by atoms with Gasteiger partial charge in [0.1, 0.15) is 5.75 Å². The lowest BCUT2D eigenvalue weighted by atomic mass is 9.97. The number of hydrogen-bond donors (Lipinski definition) is 0. The highest BCUT2D eigenvalue weighted by atomic mass is 16.5. The van der Waals surface area contributed by atoms with Crippen LogP contribution in [0.15, 0.2) is 36.4 Å². The molecule has 0 spiro atoms. The minimum Gasteiger partial charge on any atom is -0.497 e. The van der Waals surface area contributed by atoms with Gasteiger partial charge in [-0.2, -0.15) is 0 Å². The molecule has 0 radical (unpaired) electrons. The van der Waals surface area contributed by atoms with Crippen molar-refractivity contribution in [2.24, 2.45) is 0 Å². The lowest BCUT2D eigenvalue weighted by Gasteiger charge is -2.36. The van der Waals surface area contributed by atoms with Gasteiger partial charge in [0, 0.05) is 30.9 Å². The van der Waals surface area contributed by atoms with Gasteiger partial charge < -0.3 is 23.8 Å². The summed E-state index contributed by atoms with van der Waals surface area (Å²) < 4.78 is 22.9. The zero-order valence-corrected chi connectivity index (χ0v) is 23.0. The molecule has 0 aliphatic carbocycles. The van der Waals surface area contributed by atoms with Gasteiger partial charge in [-0.1, -0.05) is 70.8 Å². The Balaban J connectivity index is 1.51. The van der Waals surface area contributed by atoms with Gasteiger partial charge in [-0.05, 0) is 48.7 Å². The molecule has 0 aromatic heterocycles. The molecule has 1 unspecified atom stereocenters. The van der Waals surface area contributed by atoms with Gasteiger partial charge in [0.25, 0.3) is 0 Å². The van der Waals surface area contributed by atoms with Crippen LogP contribution in [0.5, 0.6) is 17.2 Å². The fraction of sp³-hybridized carbons (Fsp3) is 0.613. The number of benzene rings is 2. The molecule has 0 saturated carbocycles. The average Bonchev–Trinajstić information content (AvgIpc) is 2.92. The minimum atomic E-state index is 0.121. The average molecular weight is 498 g/mol. The van der Waals surface area contributed by atoms with E-state index in [9.17, 15) is 0 Å². The molecule has 0 fully saturated rings. The first-order valence-corrected chi connectivity index (χ1v) is 14.0. The Kier molecular flexibility index (Phi) is 12.3. The van der Waals surface area contributed by atoms with Gasteiger partial charge in [0.15, 0.2) is 11.5 Å². The van der Waals surface area contributed by atoms with E-state index in [0.29, 0.717) is 0 Å². The number of methoxy groups -OCH3 is 3. The fourth-order valence-electron chi connectivity index (χ4n) is 5.11. The molecule has 1 atom stereocenters.